The van der Waals surface area contributed by atoms with E-state index in [2.05, 4.69) is 15.1 Å². The number of hydrogen-bond donors (Lipinski definition) is 0. The van der Waals surface area contributed by atoms with E-state index < -0.39 is 0 Å². The van der Waals surface area contributed by atoms with E-state index in [9.17, 15) is 4.79 Å². The van der Waals surface area contributed by atoms with Gasteiger partial charge in [-0.15, -0.1) is 10.2 Å². The minimum Gasteiger partial charge on any atom is -0.419 e. The number of piperidine rings is 1. The van der Waals surface area contributed by atoms with Crippen LogP contribution in [-0.4, -0.2) is 53.1 Å². The van der Waals surface area contributed by atoms with Crippen LogP contribution >= 0.6 is 11.6 Å². The van der Waals surface area contributed by atoms with Gasteiger partial charge in [-0.1, -0.05) is 23.7 Å². The van der Waals surface area contributed by atoms with Crippen molar-refractivity contribution in [3.05, 3.63) is 35.2 Å². The standard InChI is InChI=1S/C17H21ClN4O2/c1-21(2)17(23)12-7-9-22(10-8-12)11-15-19-20-16(24-15)13-5-3-4-6-14(13)18/h3-6,12H,7-11H2,1-2H3. The number of halogens is 1. The smallest absolute Gasteiger partial charge is 0.249 e. The molecular weight excluding hydrogens is 328 g/mol. The van der Waals surface area contributed by atoms with Gasteiger partial charge in [-0.25, -0.2) is 0 Å². The average molecular weight is 349 g/mol. The largest absolute Gasteiger partial charge is 0.419 e. The van der Waals surface area contributed by atoms with E-state index >= 15 is 0 Å². The third-order valence-electron chi connectivity index (χ3n) is 4.31. The number of carbonyl (C=O) groups is 1. The Balaban J connectivity index is 1.59. The molecule has 0 unspecified atom stereocenters. The van der Waals surface area contributed by atoms with Gasteiger partial charge in [-0.3, -0.25) is 9.69 Å². The van der Waals surface area contributed by atoms with Crippen molar-refractivity contribution in [3.63, 3.8) is 0 Å². The fourth-order valence-corrected chi connectivity index (χ4v) is 3.17. The van der Waals surface area contributed by atoms with Crippen molar-refractivity contribution in [1.82, 2.24) is 20.0 Å². The van der Waals surface area contributed by atoms with Gasteiger partial charge < -0.3 is 9.32 Å². The predicted octanol–water partition coefficient (Wildman–Crippen LogP) is 2.69. The van der Waals surface area contributed by atoms with Crippen molar-refractivity contribution in [2.45, 2.75) is 19.4 Å². The molecule has 0 bridgehead atoms. The molecule has 0 saturated carbocycles. The monoisotopic (exact) mass is 348 g/mol. The molecule has 1 saturated heterocycles. The first-order chi connectivity index (χ1) is 11.5. The maximum atomic E-state index is 12.0. The van der Waals surface area contributed by atoms with Crippen molar-refractivity contribution in [2.24, 2.45) is 5.92 Å². The Labute approximate surface area is 146 Å². The summed E-state index contributed by atoms with van der Waals surface area (Å²) in [5.74, 6) is 1.35. The molecule has 0 aliphatic carbocycles. The van der Waals surface area contributed by atoms with Crippen LogP contribution in [0.25, 0.3) is 11.5 Å². The maximum absolute atomic E-state index is 12.0. The molecule has 1 aromatic heterocycles. The van der Waals surface area contributed by atoms with Gasteiger partial charge >= 0.3 is 0 Å². The van der Waals surface area contributed by atoms with Crippen LogP contribution < -0.4 is 0 Å². The lowest BCUT2D eigenvalue weighted by atomic mass is 9.95. The van der Waals surface area contributed by atoms with Gasteiger partial charge in [0, 0.05) is 20.0 Å². The second-order valence-electron chi connectivity index (χ2n) is 6.26. The van der Waals surface area contributed by atoms with Crippen LogP contribution in [0.5, 0.6) is 0 Å². The Hall–Kier alpha value is -1.92. The highest BCUT2D eigenvalue weighted by Crippen LogP contribution is 2.27. The topological polar surface area (TPSA) is 62.5 Å². The van der Waals surface area contributed by atoms with Crippen molar-refractivity contribution < 1.29 is 9.21 Å². The lowest BCUT2D eigenvalue weighted by Crippen LogP contribution is -2.39. The van der Waals surface area contributed by atoms with Gasteiger partial charge in [-0.05, 0) is 38.1 Å². The van der Waals surface area contributed by atoms with Gasteiger partial charge in [0.2, 0.25) is 17.7 Å². The summed E-state index contributed by atoms with van der Waals surface area (Å²) in [6.07, 6.45) is 1.73. The quantitative estimate of drug-likeness (QED) is 0.850. The molecule has 128 valence electrons. The fraction of sp³-hybridized carbons (Fsp3) is 0.471. The first-order valence-corrected chi connectivity index (χ1v) is 8.43. The molecule has 2 aromatic rings. The number of nitrogens with zero attached hydrogens (tertiary/aromatic N) is 4. The van der Waals surface area contributed by atoms with Crippen molar-refractivity contribution >= 4 is 17.5 Å². The van der Waals surface area contributed by atoms with E-state index in [1.54, 1.807) is 11.0 Å². The number of benzene rings is 1. The van der Waals surface area contributed by atoms with Gasteiger partial charge in [0.15, 0.2) is 0 Å². The Kier molecular flexibility index (Phi) is 5.16. The molecule has 0 spiro atoms. The van der Waals surface area contributed by atoms with Crippen LogP contribution in [-0.2, 0) is 11.3 Å². The number of aromatic nitrogens is 2. The molecule has 1 aliphatic heterocycles. The minimum absolute atomic E-state index is 0.123. The summed E-state index contributed by atoms with van der Waals surface area (Å²) in [6.45, 7) is 2.31. The normalized spacial score (nSPS) is 16.3. The Morgan fingerprint density at radius 2 is 2.00 bits per heavy atom. The Morgan fingerprint density at radius 1 is 1.29 bits per heavy atom. The first kappa shape index (κ1) is 16.9. The SMILES string of the molecule is CN(C)C(=O)C1CCN(Cc2nnc(-c3ccccc3Cl)o2)CC1. The molecule has 1 amide bonds. The summed E-state index contributed by atoms with van der Waals surface area (Å²) >= 11 is 6.16. The molecule has 7 heteroatoms. The zero-order chi connectivity index (χ0) is 17.1. The summed E-state index contributed by atoms with van der Waals surface area (Å²) in [7, 11) is 3.62. The van der Waals surface area contributed by atoms with Crippen LogP contribution in [0.1, 0.15) is 18.7 Å². The van der Waals surface area contributed by atoms with E-state index in [4.69, 9.17) is 16.0 Å². The third kappa shape index (κ3) is 3.76. The number of likely N-dealkylation sites (tertiary alicyclic amines) is 1. The average Bonchev–Trinajstić information content (AvgIpc) is 3.03. The van der Waals surface area contributed by atoms with E-state index in [0.29, 0.717) is 23.3 Å². The number of amides is 1. The zero-order valence-corrected chi connectivity index (χ0v) is 14.7. The summed E-state index contributed by atoms with van der Waals surface area (Å²) in [6, 6.07) is 7.41. The highest BCUT2D eigenvalue weighted by Gasteiger charge is 2.26. The highest BCUT2D eigenvalue weighted by molar-refractivity contribution is 6.33. The Bertz CT molecular complexity index is 708. The third-order valence-corrected chi connectivity index (χ3v) is 4.64. The molecule has 24 heavy (non-hydrogen) atoms. The van der Waals surface area contributed by atoms with Gasteiger partial charge in [0.1, 0.15) is 0 Å². The highest BCUT2D eigenvalue weighted by atomic mass is 35.5. The summed E-state index contributed by atoms with van der Waals surface area (Å²) in [5, 5.41) is 8.80. The summed E-state index contributed by atoms with van der Waals surface area (Å²) < 4.78 is 5.74. The summed E-state index contributed by atoms with van der Waals surface area (Å²) in [4.78, 5) is 15.9. The number of rotatable bonds is 4. The van der Waals surface area contributed by atoms with Crippen LogP contribution in [0, 0.1) is 5.92 Å². The van der Waals surface area contributed by atoms with Crippen molar-refractivity contribution in [1.29, 1.82) is 0 Å². The van der Waals surface area contributed by atoms with Crippen LogP contribution in [0.15, 0.2) is 28.7 Å². The lowest BCUT2D eigenvalue weighted by molar-refractivity contribution is -0.134. The molecular formula is C17H21ClN4O2. The van der Waals surface area contributed by atoms with Gasteiger partial charge in [0.25, 0.3) is 0 Å². The van der Waals surface area contributed by atoms with Crippen molar-refractivity contribution in [2.75, 3.05) is 27.2 Å². The van der Waals surface area contributed by atoms with Crippen LogP contribution in [0.2, 0.25) is 5.02 Å². The molecule has 1 aromatic carbocycles. The first-order valence-electron chi connectivity index (χ1n) is 8.05. The molecule has 0 atom stereocenters. The zero-order valence-electron chi connectivity index (χ0n) is 13.9. The number of hydrogen-bond acceptors (Lipinski definition) is 5. The lowest BCUT2D eigenvalue weighted by Gasteiger charge is -2.31. The molecule has 0 N–H and O–H groups in total. The summed E-state index contributed by atoms with van der Waals surface area (Å²) in [5.41, 5.74) is 0.744. The molecule has 1 fully saturated rings. The minimum atomic E-state index is 0.123. The van der Waals surface area contributed by atoms with E-state index in [0.717, 1.165) is 31.5 Å². The second kappa shape index (κ2) is 7.32. The van der Waals surface area contributed by atoms with Crippen LogP contribution in [0.4, 0.5) is 0 Å². The van der Waals surface area contributed by atoms with Gasteiger partial charge in [-0.2, -0.15) is 0 Å². The van der Waals surface area contributed by atoms with E-state index in [1.807, 2.05) is 32.3 Å². The molecule has 0 radical (unpaired) electrons. The Morgan fingerprint density at radius 3 is 2.67 bits per heavy atom. The molecule has 2 heterocycles. The maximum Gasteiger partial charge on any atom is 0.249 e. The second-order valence-corrected chi connectivity index (χ2v) is 6.67. The van der Waals surface area contributed by atoms with Crippen molar-refractivity contribution in [3.8, 4) is 11.5 Å². The van der Waals surface area contributed by atoms with Crippen LogP contribution in [0.3, 0.4) is 0 Å². The molecule has 6 nitrogen and oxygen atoms in total. The predicted molar refractivity (Wildman–Crippen MR) is 91.4 cm³/mol. The molecule has 3 rings (SSSR count). The molecule has 1 aliphatic rings. The fourth-order valence-electron chi connectivity index (χ4n) is 2.96. The number of carbonyl (C=O) groups excluding carboxylic acids is 1. The van der Waals surface area contributed by atoms with E-state index in [1.165, 1.54) is 0 Å². The van der Waals surface area contributed by atoms with Gasteiger partial charge in [0.05, 0.1) is 17.1 Å². The van der Waals surface area contributed by atoms with E-state index in [-0.39, 0.29) is 11.8 Å².